The minimum absolute atomic E-state index is 0.161. The fraction of sp³-hybridized carbons (Fsp3) is 0.182. The summed E-state index contributed by atoms with van der Waals surface area (Å²) >= 11 is 0. The standard InChI is InChI=1S/C22H17F3N6O/c1-13-21(9-26)28-14(2)30(13)10-15-6-7-16(8-20(15)25)31-22(32)29(12-27-31)11-17-18(23)4-3-5-19(17)24/h3-8,12H,10-11H2,1-2H3. The van der Waals surface area contributed by atoms with E-state index in [2.05, 4.69) is 10.1 Å². The molecule has 4 rings (SSSR count). The molecule has 162 valence electrons. The summed E-state index contributed by atoms with van der Waals surface area (Å²) in [4.78, 5) is 16.8. The molecule has 0 saturated heterocycles. The van der Waals surface area contributed by atoms with Crippen molar-refractivity contribution in [1.29, 1.82) is 5.26 Å². The lowest BCUT2D eigenvalue weighted by Gasteiger charge is -2.10. The van der Waals surface area contributed by atoms with Crippen LogP contribution in [0.25, 0.3) is 5.69 Å². The van der Waals surface area contributed by atoms with Gasteiger partial charge in [0.05, 0.1) is 24.5 Å². The second kappa shape index (κ2) is 8.19. The second-order valence-electron chi connectivity index (χ2n) is 7.22. The second-order valence-corrected chi connectivity index (χ2v) is 7.22. The fourth-order valence-electron chi connectivity index (χ4n) is 3.45. The number of imidazole rings is 1. The van der Waals surface area contributed by atoms with Gasteiger partial charge >= 0.3 is 5.69 Å². The molecule has 4 aromatic rings. The highest BCUT2D eigenvalue weighted by atomic mass is 19.1. The van der Waals surface area contributed by atoms with Crippen molar-refractivity contribution in [3.8, 4) is 11.8 Å². The van der Waals surface area contributed by atoms with Crippen molar-refractivity contribution in [3.05, 3.63) is 99.0 Å². The van der Waals surface area contributed by atoms with Gasteiger partial charge < -0.3 is 4.57 Å². The summed E-state index contributed by atoms with van der Waals surface area (Å²) in [6, 6.07) is 9.63. The number of nitrogens with zero attached hydrogens (tertiary/aromatic N) is 6. The first-order valence-corrected chi connectivity index (χ1v) is 9.60. The lowest BCUT2D eigenvalue weighted by molar-refractivity contribution is 0.541. The van der Waals surface area contributed by atoms with E-state index in [1.807, 2.05) is 6.07 Å². The molecule has 0 N–H and O–H groups in total. The molecular weight excluding hydrogens is 421 g/mol. The highest BCUT2D eigenvalue weighted by Gasteiger charge is 2.16. The summed E-state index contributed by atoms with van der Waals surface area (Å²) in [5.41, 5.74) is 0.480. The van der Waals surface area contributed by atoms with E-state index < -0.39 is 23.1 Å². The van der Waals surface area contributed by atoms with E-state index in [1.54, 1.807) is 18.4 Å². The minimum Gasteiger partial charge on any atom is -0.327 e. The quantitative estimate of drug-likeness (QED) is 0.479. The van der Waals surface area contributed by atoms with E-state index in [0.29, 0.717) is 17.1 Å². The third kappa shape index (κ3) is 3.69. The molecule has 0 aliphatic heterocycles. The van der Waals surface area contributed by atoms with Gasteiger partial charge in [-0.05, 0) is 32.0 Å². The van der Waals surface area contributed by atoms with Crippen LogP contribution < -0.4 is 5.69 Å². The van der Waals surface area contributed by atoms with E-state index in [4.69, 9.17) is 5.26 Å². The molecule has 0 spiro atoms. The number of aryl methyl sites for hydroxylation is 1. The van der Waals surface area contributed by atoms with Crippen LogP contribution in [0, 0.1) is 42.6 Å². The van der Waals surface area contributed by atoms with Gasteiger partial charge in [-0.2, -0.15) is 15.0 Å². The monoisotopic (exact) mass is 438 g/mol. The first kappa shape index (κ1) is 21.1. The molecule has 0 radical (unpaired) electrons. The molecular formula is C22H17F3N6O. The van der Waals surface area contributed by atoms with Gasteiger partial charge in [0.2, 0.25) is 0 Å². The van der Waals surface area contributed by atoms with Crippen LogP contribution in [0.1, 0.15) is 28.3 Å². The van der Waals surface area contributed by atoms with Crippen LogP contribution in [0.15, 0.2) is 47.5 Å². The summed E-state index contributed by atoms with van der Waals surface area (Å²) in [7, 11) is 0. The summed E-state index contributed by atoms with van der Waals surface area (Å²) in [5.74, 6) is -1.54. The van der Waals surface area contributed by atoms with Gasteiger partial charge in [-0.3, -0.25) is 4.57 Å². The number of benzene rings is 2. The van der Waals surface area contributed by atoms with Crippen LogP contribution in [-0.2, 0) is 13.1 Å². The zero-order valence-corrected chi connectivity index (χ0v) is 17.2. The van der Waals surface area contributed by atoms with Crippen molar-refractivity contribution in [2.45, 2.75) is 26.9 Å². The van der Waals surface area contributed by atoms with Crippen molar-refractivity contribution in [2.24, 2.45) is 0 Å². The molecule has 7 nitrogen and oxygen atoms in total. The highest BCUT2D eigenvalue weighted by Crippen LogP contribution is 2.18. The Morgan fingerprint density at radius 2 is 1.75 bits per heavy atom. The molecule has 0 atom stereocenters. The van der Waals surface area contributed by atoms with Gasteiger partial charge in [0.1, 0.15) is 35.7 Å². The molecule has 0 amide bonds. The summed E-state index contributed by atoms with van der Waals surface area (Å²) in [6.07, 6.45) is 1.14. The zero-order chi connectivity index (χ0) is 23.0. The van der Waals surface area contributed by atoms with Gasteiger partial charge in [-0.15, -0.1) is 0 Å². The Morgan fingerprint density at radius 1 is 1.03 bits per heavy atom. The molecule has 0 bridgehead atoms. The number of hydrogen-bond acceptors (Lipinski definition) is 4. The van der Waals surface area contributed by atoms with Gasteiger partial charge in [0.15, 0.2) is 5.69 Å². The molecule has 2 aromatic heterocycles. The molecule has 2 aromatic carbocycles. The zero-order valence-electron chi connectivity index (χ0n) is 17.2. The average molecular weight is 438 g/mol. The maximum atomic E-state index is 14.8. The first-order chi connectivity index (χ1) is 15.3. The Morgan fingerprint density at radius 3 is 2.38 bits per heavy atom. The predicted molar refractivity (Wildman–Crippen MR) is 109 cm³/mol. The molecule has 0 fully saturated rings. The Labute approximate surface area is 180 Å². The third-order valence-electron chi connectivity index (χ3n) is 5.25. The smallest absolute Gasteiger partial charge is 0.327 e. The Bertz CT molecular complexity index is 1410. The van der Waals surface area contributed by atoms with E-state index >= 15 is 0 Å². The number of aromatic nitrogens is 5. The minimum atomic E-state index is -0.773. The van der Waals surface area contributed by atoms with Crippen LogP contribution >= 0.6 is 0 Å². The van der Waals surface area contributed by atoms with E-state index in [0.717, 1.165) is 33.8 Å². The van der Waals surface area contributed by atoms with Gasteiger partial charge in [-0.1, -0.05) is 12.1 Å². The molecule has 10 heteroatoms. The van der Waals surface area contributed by atoms with Gasteiger partial charge in [-0.25, -0.2) is 22.9 Å². The topological polar surface area (TPSA) is 81.4 Å². The van der Waals surface area contributed by atoms with Gasteiger partial charge in [0.25, 0.3) is 0 Å². The Hall–Kier alpha value is -4.13. The van der Waals surface area contributed by atoms with Crippen molar-refractivity contribution < 1.29 is 13.2 Å². The van der Waals surface area contributed by atoms with E-state index in [-0.39, 0.29) is 30.0 Å². The van der Waals surface area contributed by atoms with E-state index in [9.17, 15) is 18.0 Å². The van der Waals surface area contributed by atoms with E-state index in [1.165, 1.54) is 18.2 Å². The Kier molecular flexibility index (Phi) is 5.40. The number of halogens is 3. The molecule has 0 unspecified atom stereocenters. The van der Waals surface area contributed by atoms with Crippen molar-refractivity contribution >= 4 is 0 Å². The number of rotatable bonds is 5. The third-order valence-corrected chi connectivity index (χ3v) is 5.25. The summed E-state index contributed by atoms with van der Waals surface area (Å²) in [5, 5.41) is 13.1. The fourth-order valence-corrected chi connectivity index (χ4v) is 3.45. The maximum absolute atomic E-state index is 14.8. The lowest BCUT2D eigenvalue weighted by atomic mass is 10.2. The molecule has 2 heterocycles. The van der Waals surface area contributed by atoms with Gasteiger partial charge in [0, 0.05) is 17.2 Å². The van der Waals surface area contributed by atoms with Crippen molar-refractivity contribution in [3.63, 3.8) is 0 Å². The molecule has 0 saturated carbocycles. The van der Waals surface area contributed by atoms with Crippen molar-refractivity contribution in [2.75, 3.05) is 0 Å². The highest BCUT2D eigenvalue weighted by molar-refractivity contribution is 5.36. The van der Waals surface area contributed by atoms with Crippen LogP contribution in [0.4, 0.5) is 13.2 Å². The summed E-state index contributed by atoms with van der Waals surface area (Å²) < 4.78 is 46.3. The first-order valence-electron chi connectivity index (χ1n) is 9.60. The Balaban J connectivity index is 1.62. The van der Waals surface area contributed by atoms with Crippen LogP contribution in [0.2, 0.25) is 0 Å². The SMILES string of the molecule is Cc1nc(C#N)c(C)n1Cc1ccc(-n2ncn(Cc3c(F)cccc3F)c2=O)cc1F. The number of hydrogen-bond donors (Lipinski definition) is 0. The predicted octanol–water partition coefficient (Wildman–Crippen LogP) is 3.23. The largest absolute Gasteiger partial charge is 0.350 e. The van der Waals surface area contributed by atoms with Crippen LogP contribution in [-0.4, -0.2) is 23.9 Å². The molecule has 32 heavy (non-hydrogen) atoms. The summed E-state index contributed by atoms with van der Waals surface area (Å²) in [6.45, 7) is 3.27. The molecule has 0 aliphatic carbocycles. The lowest BCUT2D eigenvalue weighted by Crippen LogP contribution is -2.25. The van der Waals surface area contributed by atoms with Crippen LogP contribution in [0.3, 0.4) is 0 Å². The number of nitriles is 1. The molecule has 0 aliphatic rings. The normalized spacial score (nSPS) is 11.0. The average Bonchev–Trinajstić information content (AvgIpc) is 3.25. The van der Waals surface area contributed by atoms with Crippen molar-refractivity contribution in [1.82, 2.24) is 23.9 Å². The maximum Gasteiger partial charge on any atom is 0.350 e. The van der Waals surface area contributed by atoms with Crippen LogP contribution in [0.5, 0.6) is 0 Å².